The van der Waals surface area contributed by atoms with Gasteiger partial charge in [-0.1, -0.05) is 37.1 Å². The Labute approximate surface area is 240 Å². The number of fused-ring (bicyclic) bond motifs is 1. The number of ether oxygens (including phenoxy) is 1. The van der Waals surface area contributed by atoms with Crippen LogP contribution in [0.1, 0.15) is 37.3 Å². The van der Waals surface area contributed by atoms with E-state index in [1.165, 1.54) is 12.8 Å². The van der Waals surface area contributed by atoms with Crippen molar-refractivity contribution in [2.24, 2.45) is 0 Å². The van der Waals surface area contributed by atoms with E-state index in [2.05, 4.69) is 30.7 Å². The van der Waals surface area contributed by atoms with Crippen molar-refractivity contribution in [2.75, 3.05) is 68.5 Å². The van der Waals surface area contributed by atoms with Gasteiger partial charge in [-0.15, -0.1) is 0 Å². The summed E-state index contributed by atoms with van der Waals surface area (Å²) in [5, 5.41) is 12.5. The summed E-state index contributed by atoms with van der Waals surface area (Å²) in [6.07, 6.45) is 8.64. The SMILES string of the molecule is Nc1ccccc1-c1ccc(CNc2nc(N3CCN(CCOCCO)CC3)nc3c2ncn3C2CCCC2)cn1. The zero-order valence-electron chi connectivity index (χ0n) is 23.5. The summed E-state index contributed by atoms with van der Waals surface area (Å²) < 4.78 is 7.71. The highest BCUT2D eigenvalue weighted by Crippen LogP contribution is 2.33. The van der Waals surface area contributed by atoms with Crippen molar-refractivity contribution in [1.82, 2.24) is 29.4 Å². The largest absolute Gasteiger partial charge is 0.398 e. The van der Waals surface area contributed by atoms with Gasteiger partial charge < -0.3 is 30.4 Å². The van der Waals surface area contributed by atoms with E-state index in [1.54, 1.807) is 0 Å². The van der Waals surface area contributed by atoms with Gasteiger partial charge in [-0.25, -0.2) is 4.98 Å². The molecule has 41 heavy (non-hydrogen) atoms. The van der Waals surface area contributed by atoms with Crippen molar-refractivity contribution in [3.63, 3.8) is 0 Å². The van der Waals surface area contributed by atoms with Crippen LogP contribution in [0.15, 0.2) is 48.9 Å². The van der Waals surface area contributed by atoms with Gasteiger partial charge in [0.15, 0.2) is 17.0 Å². The molecule has 6 rings (SSSR count). The predicted molar refractivity (Wildman–Crippen MR) is 161 cm³/mol. The van der Waals surface area contributed by atoms with Crippen molar-refractivity contribution in [3.05, 3.63) is 54.5 Å². The van der Waals surface area contributed by atoms with Crippen LogP contribution in [0.4, 0.5) is 17.5 Å². The Bertz CT molecular complexity index is 1430. The van der Waals surface area contributed by atoms with E-state index in [0.29, 0.717) is 25.8 Å². The number of aliphatic hydroxyl groups is 1. The molecule has 1 aromatic carbocycles. The normalized spacial score (nSPS) is 16.6. The number of anilines is 3. The summed E-state index contributed by atoms with van der Waals surface area (Å²) in [7, 11) is 0. The summed E-state index contributed by atoms with van der Waals surface area (Å²) in [6.45, 7) is 6.03. The number of nitrogens with one attached hydrogen (secondary N) is 1. The third-order valence-corrected chi connectivity index (χ3v) is 8.09. The lowest BCUT2D eigenvalue weighted by Gasteiger charge is -2.34. The van der Waals surface area contributed by atoms with E-state index in [-0.39, 0.29) is 6.61 Å². The van der Waals surface area contributed by atoms with Crippen LogP contribution in [0, 0.1) is 0 Å². The van der Waals surface area contributed by atoms with Crippen molar-refractivity contribution in [3.8, 4) is 11.3 Å². The average Bonchev–Trinajstić information content (AvgIpc) is 3.69. The first kappa shape index (κ1) is 27.4. The molecule has 0 radical (unpaired) electrons. The van der Waals surface area contributed by atoms with Crippen molar-refractivity contribution < 1.29 is 9.84 Å². The minimum Gasteiger partial charge on any atom is -0.398 e. The molecule has 1 saturated carbocycles. The number of aromatic nitrogens is 5. The second kappa shape index (κ2) is 12.8. The fraction of sp³-hybridized carbons (Fsp3) is 0.467. The van der Waals surface area contributed by atoms with Gasteiger partial charge in [0.25, 0.3) is 0 Å². The summed E-state index contributed by atoms with van der Waals surface area (Å²) in [4.78, 5) is 24.1. The number of para-hydroxylation sites is 1. The van der Waals surface area contributed by atoms with Crippen LogP contribution >= 0.6 is 0 Å². The van der Waals surface area contributed by atoms with E-state index < -0.39 is 0 Å². The van der Waals surface area contributed by atoms with Crippen LogP contribution in [0.25, 0.3) is 22.4 Å². The van der Waals surface area contributed by atoms with Crippen LogP contribution < -0.4 is 16.0 Å². The lowest BCUT2D eigenvalue weighted by atomic mass is 10.1. The van der Waals surface area contributed by atoms with Gasteiger partial charge in [-0.05, 0) is 30.5 Å². The van der Waals surface area contributed by atoms with Gasteiger partial charge in [-0.2, -0.15) is 9.97 Å². The quantitative estimate of drug-likeness (QED) is 0.186. The van der Waals surface area contributed by atoms with Crippen LogP contribution in [0.2, 0.25) is 0 Å². The minimum absolute atomic E-state index is 0.0615. The second-order valence-corrected chi connectivity index (χ2v) is 10.8. The number of hydrogen-bond donors (Lipinski definition) is 3. The lowest BCUT2D eigenvalue weighted by Crippen LogP contribution is -2.48. The maximum atomic E-state index is 8.92. The average molecular weight is 558 g/mol. The molecule has 0 unspecified atom stereocenters. The lowest BCUT2D eigenvalue weighted by molar-refractivity contribution is 0.0724. The van der Waals surface area contributed by atoms with E-state index in [0.717, 1.165) is 91.0 Å². The Morgan fingerprint density at radius 2 is 1.80 bits per heavy atom. The number of piperazine rings is 1. The van der Waals surface area contributed by atoms with Gasteiger partial charge in [0.2, 0.25) is 5.95 Å². The first-order valence-electron chi connectivity index (χ1n) is 14.6. The fourth-order valence-electron chi connectivity index (χ4n) is 5.76. The standard InChI is InChI=1S/C30H39N9O2/c31-25-8-4-3-7-24(25)26-10-9-22(19-32-26)20-33-28-27-29(39(21-34-27)23-5-1-2-6-23)36-30(35-28)38-13-11-37(12-14-38)15-17-41-18-16-40/h3-4,7-10,19,21,23,40H,1-2,5-6,11-18,20,31H2,(H,33,35,36). The molecule has 0 spiro atoms. The minimum atomic E-state index is 0.0615. The Morgan fingerprint density at radius 1 is 0.976 bits per heavy atom. The molecule has 3 aromatic heterocycles. The van der Waals surface area contributed by atoms with Gasteiger partial charge in [-0.3, -0.25) is 9.88 Å². The smallest absolute Gasteiger partial charge is 0.229 e. The third kappa shape index (κ3) is 6.27. The maximum Gasteiger partial charge on any atom is 0.229 e. The Kier molecular flexibility index (Phi) is 8.54. The monoisotopic (exact) mass is 557 g/mol. The maximum absolute atomic E-state index is 8.92. The topological polar surface area (TPSA) is 130 Å². The number of pyridine rings is 1. The number of hydrogen-bond acceptors (Lipinski definition) is 10. The highest BCUT2D eigenvalue weighted by atomic mass is 16.5. The molecule has 11 heteroatoms. The zero-order valence-corrected chi connectivity index (χ0v) is 23.5. The Hall–Kier alpha value is -3.80. The van der Waals surface area contributed by atoms with Crippen LogP contribution in [0.3, 0.4) is 0 Å². The molecule has 1 saturated heterocycles. The van der Waals surface area contributed by atoms with E-state index >= 15 is 0 Å². The molecule has 216 valence electrons. The molecule has 1 aliphatic heterocycles. The molecule has 4 heterocycles. The highest BCUT2D eigenvalue weighted by Gasteiger charge is 2.25. The molecule has 0 amide bonds. The van der Waals surface area contributed by atoms with E-state index in [4.69, 9.17) is 30.5 Å². The Balaban J connectivity index is 1.20. The molecule has 4 aromatic rings. The number of nitrogens with two attached hydrogens (primary N) is 1. The molecule has 11 nitrogen and oxygen atoms in total. The molecular formula is C30H39N9O2. The zero-order chi connectivity index (χ0) is 28.0. The molecule has 1 aliphatic carbocycles. The number of nitrogens with zero attached hydrogens (tertiary/aromatic N) is 7. The molecular weight excluding hydrogens is 518 g/mol. The van der Waals surface area contributed by atoms with E-state index in [1.807, 2.05) is 42.9 Å². The van der Waals surface area contributed by atoms with Gasteiger partial charge in [0, 0.05) is 62.8 Å². The molecule has 0 atom stereocenters. The molecule has 2 fully saturated rings. The number of nitrogen functional groups attached to an aromatic ring is 1. The van der Waals surface area contributed by atoms with Crippen molar-refractivity contribution in [1.29, 1.82) is 0 Å². The van der Waals surface area contributed by atoms with Crippen molar-refractivity contribution >= 4 is 28.6 Å². The summed E-state index contributed by atoms with van der Waals surface area (Å²) >= 11 is 0. The second-order valence-electron chi connectivity index (χ2n) is 10.8. The molecule has 0 bridgehead atoms. The summed E-state index contributed by atoms with van der Waals surface area (Å²) in [5.41, 5.74) is 11.4. The van der Waals surface area contributed by atoms with Crippen LogP contribution in [-0.4, -0.2) is 87.1 Å². The number of rotatable bonds is 11. The van der Waals surface area contributed by atoms with Gasteiger partial charge in [0.05, 0.1) is 31.8 Å². The van der Waals surface area contributed by atoms with Crippen molar-refractivity contribution in [2.45, 2.75) is 38.3 Å². The van der Waals surface area contributed by atoms with Crippen LogP contribution in [-0.2, 0) is 11.3 Å². The predicted octanol–water partition coefficient (Wildman–Crippen LogP) is 3.33. The first-order chi connectivity index (χ1) is 20.2. The number of benzene rings is 1. The Morgan fingerprint density at radius 3 is 2.56 bits per heavy atom. The highest BCUT2D eigenvalue weighted by molar-refractivity contribution is 5.84. The molecule has 4 N–H and O–H groups in total. The summed E-state index contributed by atoms with van der Waals surface area (Å²) in [5.74, 6) is 1.49. The number of aliphatic hydroxyl groups excluding tert-OH is 1. The van der Waals surface area contributed by atoms with Gasteiger partial charge in [0.1, 0.15) is 0 Å². The van der Waals surface area contributed by atoms with Gasteiger partial charge >= 0.3 is 0 Å². The van der Waals surface area contributed by atoms with Crippen LogP contribution in [0.5, 0.6) is 0 Å². The third-order valence-electron chi connectivity index (χ3n) is 8.09. The first-order valence-corrected chi connectivity index (χ1v) is 14.6. The van der Waals surface area contributed by atoms with E-state index in [9.17, 15) is 0 Å². The molecule has 2 aliphatic rings. The number of imidazole rings is 1. The fourth-order valence-corrected chi connectivity index (χ4v) is 5.76. The summed E-state index contributed by atoms with van der Waals surface area (Å²) in [6, 6.07) is 12.3.